The first kappa shape index (κ1) is 13.0. The molecule has 0 aromatic heterocycles. The molecule has 0 bridgehead atoms. The van der Waals surface area contributed by atoms with Gasteiger partial charge in [0, 0.05) is 16.2 Å². The van der Waals surface area contributed by atoms with Crippen molar-refractivity contribution in [2.45, 2.75) is 42.9 Å². The van der Waals surface area contributed by atoms with Crippen LogP contribution >= 0.6 is 11.8 Å². The van der Waals surface area contributed by atoms with Crippen LogP contribution in [0.25, 0.3) is 0 Å². The molecule has 1 aromatic carbocycles. The third-order valence-electron chi connectivity index (χ3n) is 3.77. The Kier molecular flexibility index (Phi) is 4.52. The maximum absolute atomic E-state index is 3.51. The highest BCUT2D eigenvalue weighted by Gasteiger charge is 2.33. The second-order valence-corrected chi connectivity index (χ2v) is 6.60. The average Bonchev–Trinajstić information content (AvgIpc) is 2.33. The van der Waals surface area contributed by atoms with E-state index in [1.165, 1.54) is 17.7 Å². The number of hydrogen-bond acceptors (Lipinski definition) is 2. The molecule has 0 saturated heterocycles. The Hall–Kier alpha value is -0.470. The molecule has 4 atom stereocenters. The number of benzene rings is 1. The lowest BCUT2D eigenvalue weighted by Gasteiger charge is -2.39. The van der Waals surface area contributed by atoms with Gasteiger partial charge in [-0.25, -0.2) is 0 Å². The van der Waals surface area contributed by atoms with Gasteiger partial charge in [0.15, 0.2) is 0 Å². The minimum atomic E-state index is 0.652. The van der Waals surface area contributed by atoms with E-state index in [1.807, 2.05) is 11.8 Å². The van der Waals surface area contributed by atoms with E-state index in [9.17, 15) is 0 Å². The van der Waals surface area contributed by atoms with Crippen molar-refractivity contribution in [2.24, 2.45) is 11.8 Å². The zero-order chi connectivity index (χ0) is 12.3. The van der Waals surface area contributed by atoms with Gasteiger partial charge in [-0.2, -0.15) is 0 Å². The summed E-state index contributed by atoms with van der Waals surface area (Å²) in [5.41, 5.74) is 0. The fourth-order valence-electron chi connectivity index (χ4n) is 2.97. The molecule has 1 aliphatic carbocycles. The molecule has 2 rings (SSSR count). The molecule has 0 spiro atoms. The summed E-state index contributed by atoms with van der Waals surface area (Å²) in [4.78, 5) is 1.40. The van der Waals surface area contributed by atoms with Gasteiger partial charge in [0.05, 0.1) is 0 Å². The first-order valence-corrected chi connectivity index (χ1v) is 7.47. The maximum atomic E-state index is 3.51. The van der Waals surface area contributed by atoms with Gasteiger partial charge in [0.2, 0.25) is 0 Å². The summed E-state index contributed by atoms with van der Waals surface area (Å²) in [6.07, 6.45) is 2.67. The van der Waals surface area contributed by atoms with Crippen LogP contribution in [0.4, 0.5) is 0 Å². The average molecular weight is 249 g/mol. The molecule has 0 heterocycles. The minimum absolute atomic E-state index is 0.652. The van der Waals surface area contributed by atoms with Crippen molar-refractivity contribution in [1.82, 2.24) is 5.32 Å². The lowest BCUT2D eigenvalue weighted by Crippen LogP contribution is -2.44. The normalized spacial score (nSPS) is 33.6. The molecule has 1 N–H and O–H groups in total. The van der Waals surface area contributed by atoms with Crippen LogP contribution in [0.1, 0.15) is 26.7 Å². The fraction of sp³-hybridized carbons (Fsp3) is 0.600. The van der Waals surface area contributed by atoms with E-state index >= 15 is 0 Å². The molecule has 1 nitrogen and oxygen atoms in total. The van der Waals surface area contributed by atoms with Crippen LogP contribution in [0.5, 0.6) is 0 Å². The standard InChI is InChI=1S/C15H23NS/c1-11-9-12(2)15(14(10-11)16-3)17-13-7-5-4-6-8-13/h4-8,11-12,14-16H,9-10H2,1-3H3. The zero-order valence-corrected chi connectivity index (χ0v) is 11.8. The van der Waals surface area contributed by atoms with E-state index in [2.05, 4.69) is 56.5 Å². The minimum Gasteiger partial charge on any atom is -0.316 e. The summed E-state index contributed by atoms with van der Waals surface area (Å²) < 4.78 is 0. The number of nitrogens with one attached hydrogen (secondary N) is 1. The molecular weight excluding hydrogens is 226 g/mol. The van der Waals surface area contributed by atoms with Crippen LogP contribution < -0.4 is 5.32 Å². The van der Waals surface area contributed by atoms with Gasteiger partial charge in [-0.3, -0.25) is 0 Å². The first-order chi connectivity index (χ1) is 8.20. The summed E-state index contributed by atoms with van der Waals surface area (Å²) in [6.45, 7) is 4.78. The van der Waals surface area contributed by atoms with Crippen LogP contribution in [0, 0.1) is 11.8 Å². The van der Waals surface area contributed by atoms with Crippen molar-refractivity contribution in [1.29, 1.82) is 0 Å². The lowest BCUT2D eigenvalue weighted by molar-refractivity contribution is 0.257. The molecule has 1 aliphatic rings. The highest BCUT2D eigenvalue weighted by molar-refractivity contribution is 8.00. The van der Waals surface area contributed by atoms with E-state index in [0.29, 0.717) is 11.3 Å². The Balaban J connectivity index is 2.07. The van der Waals surface area contributed by atoms with Crippen LogP contribution in [-0.4, -0.2) is 18.3 Å². The van der Waals surface area contributed by atoms with Crippen molar-refractivity contribution >= 4 is 11.8 Å². The van der Waals surface area contributed by atoms with Gasteiger partial charge in [0.1, 0.15) is 0 Å². The van der Waals surface area contributed by atoms with Crippen LogP contribution in [0.15, 0.2) is 35.2 Å². The van der Waals surface area contributed by atoms with Crippen LogP contribution in [-0.2, 0) is 0 Å². The SMILES string of the molecule is CNC1CC(C)CC(C)C1Sc1ccccc1. The number of thioether (sulfide) groups is 1. The van der Waals surface area contributed by atoms with Crippen molar-refractivity contribution in [3.63, 3.8) is 0 Å². The van der Waals surface area contributed by atoms with E-state index in [1.54, 1.807) is 0 Å². The van der Waals surface area contributed by atoms with Gasteiger partial charge >= 0.3 is 0 Å². The van der Waals surface area contributed by atoms with Gasteiger partial charge < -0.3 is 5.32 Å². The molecular formula is C15H23NS. The quantitative estimate of drug-likeness (QED) is 0.874. The maximum Gasteiger partial charge on any atom is 0.0274 e. The lowest BCUT2D eigenvalue weighted by atomic mass is 9.80. The van der Waals surface area contributed by atoms with Gasteiger partial charge in [0.25, 0.3) is 0 Å². The predicted octanol–water partition coefficient (Wildman–Crippen LogP) is 3.80. The van der Waals surface area contributed by atoms with Crippen molar-refractivity contribution in [2.75, 3.05) is 7.05 Å². The zero-order valence-electron chi connectivity index (χ0n) is 11.0. The van der Waals surface area contributed by atoms with E-state index in [4.69, 9.17) is 0 Å². The molecule has 17 heavy (non-hydrogen) atoms. The van der Waals surface area contributed by atoms with Gasteiger partial charge in [-0.1, -0.05) is 32.0 Å². The predicted molar refractivity (Wildman–Crippen MR) is 76.5 cm³/mol. The Bertz CT molecular complexity index is 338. The molecule has 0 radical (unpaired) electrons. The van der Waals surface area contributed by atoms with Gasteiger partial charge in [-0.15, -0.1) is 11.8 Å². The largest absolute Gasteiger partial charge is 0.316 e. The third kappa shape index (κ3) is 3.26. The summed E-state index contributed by atoms with van der Waals surface area (Å²) in [6, 6.07) is 11.5. The van der Waals surface area contributed by atoms with Crippen molar-refractivity contribution in [3.8, 4) is 0 Å². The molecule has 94 valence electrons. The second-order valence-electron chi connectivity index (χ2n) is 5.34. The van der Waals surface area contributed by atoms with Crippen LogP contribution in [0.2, 0.25) is 0 Å². The van der Waals surface area contributed by atoms with E-state index < -0.39 is 0 Å². The second kappa shape index (κ2) is 5.92. The van der Waals surface area contributed by atoms with E-state index in [0.717, 1.165) is 11.8 Å². The van der Waals surface area contributed by atoms with Crippen LogP contribution in [0.3, 0.4) is 0 Å². The summed E-state index contributed by atoms with van der Waals surface area (Å²) in [5, 5.41) is 4.22. The summed E-state index contributed by atoms with van der Waals surface area (Å²) >= 11 is 2.04. The Morgan fingerprint density at radius 1 is 1.12 bits per heavy atom. The summed E-state index contributed by atoms with van der Waals surface area (Å²) in [5.74, 6) is 1.65. The topological polar surface area (TPSA) is 12.0 Å². The molecule has 4 unspecified atom stereocenters. The Labute approximate surface area is 109 Å². The van der Waals surface area contributed by atoms with Crippen molar-refractivity contribution < 1.29 is 0 Å². The summed E-state index contributed by atoms with van der Waals surface area (Å²) in [7, 11) is 2.11. The molecule has 1 saturated carbocycles. The molecule has 0 amide bonds. The Morgan fingerprint density at radius 3 is 2.47 bits per heavy atom. The molecule has 2 heteroatoms. The fourth-order valence-corrected chi connectivity index (χ4v) is 4.35. The number of hydrogen-bond donors (Lipinski definition) is 1. The Morgan fingerprint density at radius 2 is 1.82 bits per heavy atom. The van der Waals surface area contributed by atoms with E-state index in [-0.39, 0.29) is 0 Å². The molecule has 0 aliphatic heterocycles. The van der Waals surface area contributed by atoms with Crippen molar-refractivity contribution in [3.05, 3.63) is 30.3 Å². The third-order valence-corrected chi connectivity index (χ3v) is 5.38. The molecule has 1 aromatic rings. The highest BCUT2D eigenvalue weighted by Crippen LogP contribution is 2.39. The van der Waals surface area contributed by atoms with Gasteiger partial charge in [-0.05, 0) is 43.9 Å². The molecule has 1 fully saturated rings. The number of rotatable bonds is 3. The first-order valence-electron chi connectivity index (χ1n) is 6.59. The highest BCUT2D eigenvalue weighted by atomic mass is 32.2. The smallest absolute Gasteiger partial charge is 0.0274 e. The monoisotopic (exact) mass is 249 g/mol.